The Morgan fingerprint density at radius 2 is 1.68 bits per heavy atom. The highest BCUT2D eigenvalue weighted by Gasteiger charge is 2.18. The Bertz CT molecular complexity index is 1420. The van der Waals surface area contributed by atoms with Gasteiger partial charge in [0, 0.05) is 29.9 Å². The summed E-state index contributed by atoms with van der Waals surface area (Å²) in [5, 5.41) is 21.9. The van der Waals surface area contributed by atoms with Crippen LogP contribution in [0.25, 0.3) is 10.9 Å². The zero-order valence-electron chi connectivity index (χ0n) is 20.7. The molecule has 0 saturated heterocycles. The fraction of sp³-hybridized carbons (Fsp3) is 0.214. The first-order valence-corrected chi connectivity index (χ1v) is 12.1. The third kappa shape index (κ3) is 5.72. The first kappa shape index (κ1) is 25.1. The van der Waals surface area contributed by atoms with Crippen molar-refractivity contribution in [3.63, 3.8) is 0 Å². The van der Waals surface area contributed by atoms with Crippen LogP contribution in [0.15, 0.2) is 66.7 Å². The standard InChI is InChI=1S/C28H27N3O7/c1-18-14-24-23(16-26-27(30-24)36-17-35-26)25(15-18)37-21-6-2-19(3-7-21)29-28(34)38-22-8-4-20(5-9-22)31(10-12-32)11-13-33/h2-9,14-16,32-33H,10-13,17H2,1H3,(H,29,34). The molecule has 10 heteroatoms. The van der Waals surface area contributed by atoms with Crippen LogP contribution < -0.4 is 29.2 Å². The van der Waals surface area contributed by atoms with Crippen molar-refractivity contribution in [2.75, 3.05) is 43.3 Å². The SMILES string of the molecule is Cc1cc(Oc2ccc(NC(=O)Oc3ccc(N(CCO)CCO)cc3)cc2)c2cc3c(nc2c1)OCO3. The highest BCUT2D eigenvalue weighted by Crippen LogP contribution is 2.38. The highest BCUT2D eigenvalue weighted by atomic mass is 16.7. The van der Waals surface area contributed by atoms with Crippen LogP contribution in [0.3, 0.4) is 0 Å². The van der Waals surface area contributed by atoms with Gasteiger partial charge in [-0.1, -0.05) is 0 Å². The van der Waals surface area contributed by atoms with Crippen molar-refractivity contribution >= 4 is 28.4 Å². The fourth-order valence-corrected chi connectivity index (χ4v) is 4.10. The Morgan fingerprint density at radius 1 is 0.974 bits per heavy atom. The summed E-state index contributed by atoms with van der Waals surface area (Å²) < 4.78 is 22.3. The van der Waals surface area contributed by atoms with E-state index in [-0.39, 0.29) is 20.0 Å². The Morgan fingerprint density at radius 3 is 2.39 bits per heavy atom. The number of hydrogen-bond donors (Lipinski definition) is 3. The minimum Gasteiger partial charge on any atom is -0.457 e. The first-order chi connectivity index (χ1) is 18.5. The lowest BCUT2D eigenvalue weighted by molar-refractivity contribution is 0.171. The molecule has 0 saturated carbocycles. The number of aliphatic hydroxyl groups excluding tert-OH is 2. The molecule has 0 unspecified atom stereocenters. The number of rotatable bonds is 9. The van der Waals surface area contributed by atoms with E-state index in [9.17, 15) is 15.0 Å². The van der Waals surface area contributed by atoms with Gasteiger partial charge in [0.05, 0.1) is 18.7 Å². The molecule has 3 N–H and O–H groups in total. The largest absolute Gasteiger partial charge is 0.457 e. The number of anilines is 2. The predicted octanol–water partition coefficient (Wildman–Crippen LogP) is 4.47. The summed E-state index contributed by atoms with van der Waals surface area (Å²) >= 11 is 0. The summed E-state index contributed by atoms with van der Waals surface area (Å²) in [7, 11) is 0. The molecule has 2 heterocycles. The lowest BCUT2D eigenvalue weighted by Crippen LogP contribution is -2.29. The number of aliphatic hydroxyl groups is 2. The van der Waals surface area contributed by atoms with Gasteiger partial charge in [-0.15, -0.1) is 0 Å². The van der Waals surface area contributed by atoms with Crippen LogP contribution in [-0.2, 0) is 0 Å². The molecule has 10 nitrogen and oxygen atoms in total. The zero-order valence-corrected chi connectivity index (χ0v) is 20.7. The first-order valence-electron chi connectivity index (χ1n) is 12.1. The monoisotopic (exact) mass is 517 g/mol. The van der Waals surface area contributed by atoms with E-state index in [1.807, 2.05) is 30.0 Å². The number of aryl methyl sites for hydroxylation is 1. The summed E-state index contributed by atoms with van der Waals surface area (Å²) in [5.74, 6) is 2.62. The lowest BCUT2D eigenvalue weighted by Gasteiger charge is -2.23. The number of carbonyl (C=O) groups is 1. The molecule has 4 aromatic rings. The normalized spacial score (nSPS) is 11.9. The molecular weight excluding hydrogens is 490 g/mol. The third-order valence-corrected chi connectivity index (χ3v) is 5.86. The molecule has 0 atom stereocenters. The number of aromatic nitrogens is 1. The van der Waals surface area contributed by atoms with Crippen molar-refractivity contribution in [1.29, 1.82) is 0 Å². The van der Waals surface area contributed by atoms with Crippen molar-refractivity contribution < 1.29 is 34.0 Å². The minimum atomic E-state index is -0.638. The van der Waals surface area contributed by atoms with Crippen LogP contribution in [0, 0.1) is 6.92 Å². The van der Waals surface area contributed by atoms with Gasteiger partial charge in [-0.05, 0) is 79.2 Å². The number of carbonyl (C=O) groups excluding carboxylic acids is 1. The maximum atomic E-state index is 12.4. The van der Waals surface area contributed by atoms with Gasteiger partial charge in [-0.2, -0.15) is 0 Å². The quantitative estimate of drug-likeness (QED) is 0.295. The van der Waals surface area contributed by atoms with Crippen LogP contribution in [-0.4, -0.2) is 54.4 Å². The number of pyridine rings is 1. The number of nitrogens with one attached hydrogen (secondary N) is 1. The highest BCUT2D eigenvalue weighted by molar-refractivity contribution is 5.89. The number of nitrogens with zero attached hydrogens (tertiary/aromatic N) is 2. The molecule has 1 aliphatic rings. The second kappa shape index (κ2) is 11.2. The molecular formula is C28H27N3O7. The van der Waals surface area contributed by atoms with E-state index in [4.69, 9.17) is 18.9 Å². The van der Waals surface area contributed by atoms with Gasteiger partial charge >= 0.3 is 6.09 Å². The number of fused-ring (bicyclic) bond motifs is 2. The van der Waals surface area contributed by atoms with Crippen LogP contribution in [0.1, 0.15) is 5.56 Å². The van der Waals surface area contributed by atoms with Gasteiger partial charge in [0.25, 0.3) is 5.88 Å². The molecule has 196 valence electrons. The summed E-state index contributed by atoms with van der Waals surface area (Å²) in [6.45, 7) is 2.83. The van der Waals surface area contributed by atoms with Gasteiger partial charge in [0.2, 0.25) is 6.79 Å². The van der Waals surface area contributed by atoms with Gasteiger partial charge in [0.1, 0.15) is 17.2 Å². The summed E-state index contributed by atoms with van der Waals surface area (Å²) in [5.41, 5.74) is 3.07. The van der Waals surface area contributed by atoms with E-state index in [1.165, 1.54) is 0 Å². The second-order valence-corrected chi connectivity index (χ2v) is 8.60. The molecule has 1 aromatic heterocycles. The number of hydrogen-bond acceptors (Lipinski definition) is 9. The van der Waals surface area contributed by atoms with Crippen LogP contribution in [0.2, 0.25) is 0 Å². The zero-order chi connectivity index (χ0) is 26.5. The molecule has 3 aromatic carbocycles. The maximum Gasteiger partial charge on any atom is 0.417 e. The Balaban J connectivity index is 1.22. The third-order valence-electron chi connectivity index (χ3n) is 5.86. The maximum absolute atomic E-state index is 12.4. The van der Waals surface area contributed by atoms with Gasteiger partial charge in [-0.3, -0.25) is 5.32 Å². The number of benzene rings is 3. The van der Waals surface area contributed by atoms with Crippen molar-refractivity contribution in [3.05, 3.63) is 72.3 Å². The van der Waals surface area contributed by atoms with E-state index in [1.54, 1.807) is 48.5 Å². The molecule has 0 aliphatic carbocycles. The van der Waals surface area contributed by atoms with Crippen molar-refractivity contribution in [2.24, 2.45) is 0 Å². The fourth-order valence-electron chi connectivity index (χ4n) is 4.10. The molecule has 0 bridgehead atoms. The van der Waals surface area contributed by atoms with Gasteiger partial charge in [0.15, 0.2) is 5.75 Å². The van der Waals surface area contributed by atoms with Crippen molar-refractivity contribution in [2.45, 2.75) is 6.92 Å². The summed E-state index contributed by atoms with van der Waals surface area (Å²) in [4.78, 5) is 18.7. The van der Waals surface area contributed by atoms with E-state index in [0.29, 0.717) is 47.7 Å². The van der Waals surface area contributed by atoms with Crippen LogP contribution >= 0.6 is 0 Å². The summed E-state index contributed by atoms with van der Waals surface area (Å²) in [6, 6.07) is 19.5. The average molecular weight is 518 g/mol. The van der Waals surface area contributed by atoms with Crippen molar-refractivity contribution in [3.8, 4) is 28.9 Å². The Hall–Kier alpha value is -4.54. The molecule has 1 aliphatic heterocycles. The van der Waals surface area contributed by atoms with Crippen LogP contribution in [0.5, 0.6) is 28.9 Å². The van der Waals surface area contributed by atoms with Crippen molar-refractivity contribution in [1.82, 2.24) is 4.98 Å². The number of ether oxygens (including phenoxy) is 4. The van der Waals surface area contributed by atoms with Gasteiger partial charge in [-0.25, -0.2) is 9.78 Å². The topological polar surface area (TPSA) is 123 Å². The summed E-state index contributed by atoms with van der Waals surface area (Å²) in [6.07, 6.45) is -0.638. The van der Waals surface area contributed by atoms with Gasteiger partial charge < -0.3 is 34.1 Å². The molecule has 0 radical (unpaired) electrons. The Labute approximate surface area is 219 Å². The smallest absolute Gasteiger partial charge is 0.417 e. The van der Waals surface area contributed by atoms with Crippen LogP contribution in [0.4, 0.5) is 16.2 Å². The molecule has 0 spiro atoms. The predicted molar refractivity (Wildman–Crippen MR) is 142 cm³/mol. The second-order valence-electron chi connectivity index (χ2n) is 8.60. The van der Waals surface area contributed by atoms with E-state index < -0.39 is 6.09 Å². The number of amides is 1. The van der Waals surface area contributed by atoms with E-state index in [0.717, 1.165) is 22.2 Å². The molecule has 38 heavy (non-hydrogen) atoms. The Kier molecular flexibility index (Phi) is 7.43. The molecule has 0 fully saturated rings. The van der Waals surface area contributed by atoms with E-state index in [2.05, 4.69) is 10.3 Å². The average Bonchev–Trinajstić information content (AvgIpc) is 3.36. The minimum absolute atomic E-state index is 0.0323. The molecule has 1 amide bonds. The van der Waals surface area contributed by atoms with E-state index >= 15 is 0 Å². The lowest BCUT2D eigenvalue weighted by atomic mass is 10.1. The molecule has 5 rings (SSSR count).